The fourth-order valence-electron chi connectivity index (χ4n) is 4.66. The average molecular weight is 548 g/mol. The summed E-state index contributed by atoms with van der Waals surface area (Å²) in [5, 5.41) is 2.90. The van der Waals surface area contributed by atoms with Gasteiger partial charge in [-0.3, -0.25) is 4.79 Å². The summed E-state index contributed by atoms with van der Waals surface area (Å²) >= 11 is 6.51. The van der Waals surface area contributed by atoms with Gasteiger partial charge in [-0.25, -0.2) is 0 Å². The Labute approximate surface area is 229 Å². The molecule has 5 rings (SSSR count). The molecule has 1 aliphatic rings. The maximum Gasteiger partial charge on any atom is 0.487 e. The van der Waals surface area contributed by atoms with E-state index in [-0.39, 0.29) is 24.0 Å². The molecule has 1 atom stereocenters. The number of alkyl halides is 3. The lowest BCUT2D eigenvalue weighted by atomic mass is 9.88. The van der Waals surface area contributed by atoms with E-state index in [0.29, 0.717) is 5.69 Å². The second kappa shape index (κ2) is 11.4. The highest BCUT2D eigenvalue weighted by Gasteiger charge is 2.33. The van der Waals surface area contributed by atoms with Crippen molar-refractivity contribution in [3.63, 3.8) is 0 Å². The van der Waals surface area contributed by atoms with Gasteiger partial charge in [-0.15, -0.1) is 8.78 Å². The molecule has 0 spiro atoms. The highest BCUT2D eigenvalue weighted by atomic mass is 35.5. The van der Waals surface area contributed by atoms with Crippen LogP contribution in [0.15, 0.2) is 120 Å². The number of nitrogens with one attached hydrogen (secondary N) is 1. The number of fused-ring (bicyclic) bond motifs is 1. The maximum atomic E-state index is 13.3. The molecular weight excluding hydrogens is 524 g/mol. The second-order valence-electron chi connectivity index (χ2n) is 8.90. The van der Waals surface area contributed by atoms with E-state index in [1.165, 1.54) is 35.4 Å². The third-order valence-electron chi connectivity index (χ3n) is 6.26. The Morgan fingerprint density at radius 1 is 0.868 bits per heavy atom. The predicted octanol–water partition coefficient (Wildman–Crippen LogP) is 8.73. The molecule has 1 amide bonds. The van der Waals surface area contributed by atoms with E-state index in [1.54, 1.807) is 11.8 Å². The number of hydrogen-bond donors (Lipinski definition) is 1. The Bertz CT molecular complexity index is 1440. The summed E-state index contributed by atoms with van der Waals surface area (Å²) in [5.41, 5.74) is 1.30. The molecule has 0 saturated heterocycles. The minimum atomic E-state index is -3.80. The van der Waals surface area contributed by atoms with Crippen LogP contribution in [0, 0.1) is 0 Å². The molecule has 0 aliphatic heterocycles. The summed E-state index contributed by atoms with van der Waals surface area (Å²) in [4.78, 5) is 15.5. The summed E-state index contributed by atoms with van der Waals surface area (Å²) < 4.78 is 30.2. The van der Waals surface area contributed by atoms with Crippen LogP contribution in [0.5, 0.6) is 5.75 Å². The number of hydrogen-bond acceptors (Lipinski definition) is 3. The highest BCUT2D eigenvalue weighted by Crippen LogP contribution is 2.51. The van der Waals surface area contributed by atoms with Crippen LogP contribution < -0.4 is 10.1 Å². The minimum absolute atomic E-state index is 0.0484. The molecule has 1 N–H and O–H groups in total. The number of carbonyl (C=O) groups excluding carboxylic acids is 1. The van der Waals surface area contributed by atoms with Crippen LogP contribution in [-0.2, 0) is 11.2 Å². The number of carbonyl (C=O) groups is 1. The van der Waals surface area contributed by atoms with Crippen molar-refractivity contribution in [1.29, 1.82) is 0 Å². The van der Waals surface area contributed by atoms with Gasteiger partial charge in [-0.1, -0.05) is 84.6 Å². The maximum absolute atomic E-state index is 13.3. The third-order valence-corrected chi connectivity index (χ3v) is 7.53. The molecule has 3 nitrogen and oxygen atoms in total. The molecular formula is C31H24ClF2NO2S. The number of anilines is 1. The zero-order chi connectivity index (χ0) is 26.5. The van der Waals surface area contributed by atoms with Gasteiger partial charge in [0.2, 0.25) is 5.91 Å². The van der Waals surface area contributed by atoms with Crippen molar-refractivity contribution in [3.8, 4) is 5.75 Å². The van der Waals surface area contributed by atoms with Crippen molar-refractivity contribution in [1.82, 2.24) is 0 Å². The highest BCUT2D eigenvalue weighted by molar-refractivity contribution is 8.08. The van der Waals surface area contributed by atoms with Gasteiger partial charge in [0.05, 0.1) is 0 Å². The average Bonchev–Trinajstić information content (AvgIpc) is 3.17. The Kier molecular flexibility index (Phi) is 7.82. The molecule has 1 aliphatic carbocycles. The molecule has 38 heavy (non-hydrogen) atoms. The van der Waals surface area contributed by atoms with Crippen LogP contribution in [0.4, 0.5) is 14.5 Å². The van der Waals surface area contributed by atoms with E-state index in [0.717, 1.165) is 27.4 Å². The van der Waals surface area contributed by atoms with E-state index in [9.17, 15) is 13.6 Å². The first kappa shape index (κ1) is 26.0. The first-order valence-electron chi connectivity index (χ1n) is 12.1. The Morgan fingerprint density at radius 2 is 1.50 bits per heavy atom. The molecule has 7 heteroatoms. The number of halogens is 3. The molecule has 192 valence electrons. The molecule has 0 bridgehead atoms. The predicted molar refractivity (Wildman–Crippen MR) is 150 cm³/mol. The SMILES string of the molecule is O=C(CC1=C(Sc2ccccc2)c2ccccc2[C@H]1Cc1ccccc1)Nc1ccc(OC(F)(F)Cl)cc1. The van der Waals surface area contributed by atoms with Gasteiger partial charge < -0.3 is 10.1 Å². The minimum Gasteiger partial charge on any atom is -0.420 e. The van der Waals surface area contributed by atoms with E-state index in [4.69, 9.17) is 11.6 Å². The summed E-state index contributed by atoms with van der Waals surface area (Å²) in [6, 6.07) is 34.4. The van der Waals surface area contributed by atoms with Gasteiger partial charge >= 0.3 is 5.57 Å². The van der Waals surface area contributed by atoms with Crippen LogP contribution in [-0.4, -0.2) is 11.5 Å². The standard InChI is InChI=1S/C31H24ClF2NO2S/c32-31(33,34)37-23-17-15-22(16-18-23)35-29(36)20-28-27(19-21-9-3-1-4-10-21)25-13-7-8-14-26(25)30(28)38-24-11-5-2-6-12-24/h1-18,27H,19-20H2,(H,35,36)/t27-/m1/s1. The lowest BCUT2D eigenvalue weighted by molar-refractivity contribution is -0.115. The third kappa shape index (κ3) is 6.44. The Hall–Kier alpha value is -3.61. The van der Waals surface area contributed by atoms with Crippen molar-refractivity contribution in [3.05, 3.63) is 131 Å². The lowest BCUT2D eigenvalue weighted by Crippen LogP contribution is -2.16. The number of thioether (sulfide) groups is 1. The zero-order valence-electron chi connectivity index (χ0n) is 20.2. The first-order valence-corrected chi connectivity index (χ1v) is 13.3. The molecule has 4 aromatic rings. The number of benzene rings is 4. The van der Waals surface area contributed by atoms with Crippen molar-refractivity contribution in [2.45, 2.75) is 29.2 Å². The molecule has 0 saturated carbocycles. The lowest BCUT2D eigenvalue weighted by Gasteiger charge is -2.18. The van der Waals surface area contributed by atoms with E-state index >= 15 is 0 Å². The summed E-state index contributed by atoms with van der Waals surface area (Å²) in [7, 11) is 0. The van der Waals surface area contributed by atoms with Gasteiger partial charge in [0.15, 0.2) is 0 Å². The molecule has 0 fully saturated rings. The molecule has 0 unspecified atom stereocenters. The van der Waals surface area contributed by atoms with Crippen LogP contribution in [0.3, 0.4) is 0 Å². The first-order chi connectivity index (χ1) is 18.4. The molecule has 0 heterocycles. The van der Waals surface area contributed by atoms with Crippen LogP contribution in [0.2, 0.25) is 0 Å². The fraction of sp³-hybridized carbons (Fsp3) is 0.129. The number of rotatable bonds is 9. The van der Waals surface area contributed by atoms with Crippen molar-refractivity contribution in [2.75, 3.05) is 5.32 Å². The largest absolute Gasteiger partial charge is 0.487 e. The van der Waals surface area contributed by atoms with Gasteiger partial charge in [-0.05, 0) is 65.1 Å². The Morgan fingerprint density at radius 3 is 2.18 bits per heavy atom. The van der Waals surface area contributed by atoms with Crippen LogP contribution in [0.1, 0.15) is 29.0 Å². The molecule has 0 radical (unpaired) electrons. The normalized spacial score (nSPS) is 14.8. The van der Waals surface area contributed by atoms with Crippen LogP contribution in [0.25, 0.3) is 4.91 Å². The second-order valence-corrected chi connectivity index (χ2v) is 10.4. The summed E-state index contributed by atoms with van der Waals surface area (Å²) in [6.45, 7) is 0. The number of ether oxygens (including phenoxy) is 1. The monoisotopic (exact) mass is 547 g/mol. The molecule has 0 aromatic heterocycles. The van der Waals surface area contributed by atoms with Crippen LogP contribution >= 0.6 is 23.4 Å². The fourth-order valence-corrected chi connectivity index (χ4v) is 5.92. The van der Waals surface area contributed by atoms with Crippen molar-refractivity contribution < 1.29 is 18.3 Å². The molecule has 4 aromatic carbocycles. The van der Waals surface area contributed by atoms with Crippen molar-refractivity contribution in [2.24, 2.45) is 0 Å². The summed E-state index contributed by atoms with van der Waals surface area (Å²) in [6.07, 6.45) is 0.970. The quantitative estimate of drug-likeness (QED) is 0.213. The van der Waals surface area contributed by atoms with Gasteiger partial charge in [0.25, 0.3) is 0 Å². The van der Waals surface area contributed by atoms with Gasteiger partial charge in [0, 0.05) is 39.4 Å². The topological polar surface area (TPSA) is 38.3 Å². The van der Waals surface area contributed by atoms with E-state index < -0.39 is 5.57 Å². The Balaban J connectivity index is 1.44. The van der Waals surface area contributed by atoms with Gasteiger partial charge in [0.1, 0.15) is 5.75 Å². The van der Waals surface area contributed by atoms with Crippen molar-refractivity contribution >= 4 is 39.9 Å². The van der Waals surface area contributed by atoms with E-state index in [1.807, 2.05) is 48.5 Å². The smallest absolute Gasteiger partial charge is 0.420 e. The van der Waals surface area contributed by atoms with E-state index in [2.05, 4.69) is 46.5 Å². The van der Waals surface area contributed by atoms with Gasteiger partial charge in [-0.2, -0.15) is 0 Å². The number of amides is 1. The zero-order valence-corrected chi connectivity index (χ0v) is 21.8. The summed E-state index contributed by atoms with van der Waals surface area (Å²) in [5.74, 6) is -0.234.